The van der Waals surface area contributed by atoms with Crippen LogP contribution in [0.25, 0.3) is 0 Å². The van der Waals surface area contributed by atoms with Gasteiger partial charge in [-0.3, -0.25) is 0 Å². The quantitative estimate of drug-likeness (QED) is 0.629. The molecule has 3 nitrogen and oxygen atoms in total. The van der Waals surface area contributed by atoms with Crippen molar-refractivity contribution in [3.05, 3.63) is 24.3 Å². The zero-order valence-corrected chi connectivity index (χ0v) is 13.2. The predicted molar refractivity (Wildman–Crippen MR) is 79.9 cm³/mol. The molecule has 0 radical (unpaired) electrons. The SMILES string of the molecule is CC[P+](=O)c1ccc(B2OC(C)(C)C(C)(C)O2)cc1. The number of hydrogen-bond donors (Lipinski definition) is 0. The lowest BCUT2D eigenvalue weighted by molar-refractivity contribution is 0.00578. The Labute approximate surface area is 116 Å². The van der Waals surface area contributed by atoms with Gasteiger partial charge in [0.05, 0.1) is 11.2 Å². The van der Waals surface area contributed by atoms with E-state index in [-0.39, 0.29) is 18.3 Å². The molecule has 0 aliphatic carbocycles. The van der Waals surface area contributed by atoms with Crippen LogP contribution < -0.4 is 10.8 Å². The summed E-state index contributed by atoms with van der Waals surface area (Å²) in [7, 11) is -1.62. The first-order chi connectivity index (χ1) is 8.77. The average Bonchev–Trinajstić information content (AvgIpc) is 2.58. The Hall–Kier alpha value is -0.695. The summed E-state index contributed by atoms with van der Waals surface area (Å²) in [6, 6.07) is 7.70. The van der Waals surface area contributed by atoms with Crippen LogP contribution in [0, 0.1) is 0 Å². The minimum absolute atomic E-state index is 0.328. The van der Waals surface area contributed by atoms with Crippen LogP contribution in [0.1, 0.15) is 34.6 Å². The van der Waals surface area contributed by atoms with E-state index in [1.54, 1.807) is 0 Å². The van der Waals surface area contributed by atoms with E-state index in [1.807, 2.05) is 58.9 Å². The Morgan fingerprint density at radius 1 is 1.05 bits per heavy atom. The molecule has 1 unspecified atom stereocenters. The average molecular weight is 279 g/mol. The number of benzene rings is 1. The fraction of sp³-hybridized carbons (Fsp3) is 0.571. The van der Waals surface area contributed by atoms with Gasteiger partial charge in [0.15, 0.2) is 5.30 Å². The molecule has 1 heterocycles. The first kappa shape index (κ1) is 14.7. The summed E-state index contributed by atoms with van der Waals surface area (Å²) in [5.41, 5.74) is 0.317. The van der Waals surface area contributed by atoms with E-state index in [0.29, 0.717) is 6.16 Å². The molecule has 5 heteroatoms. The summed E-state index contributed by atoms with van der Waals surface area (Å²) in [5, 5.41) is 0.887. The van der Waals surface area contributed by atoms with Crippen molar-refractivity contribution < 1.29 is 13.9 Å². The van der Waals surface area contributed by atoms with Gasteiger partial charge < -0.3 is 9.31 Å². The minimum atomic E-state index is -1.27. The summed E-state index contributed by atoms with van der Waals surface area (Å²) >= 11 is 0. The van der Waals surface area contributed by atoms with E-state index in [9.17, 15) is 4.57 Å². The van der Waals surface area contributed by atoms with E-state index in [4.69, 9.17) is 9.31 Å². The molecule has 0 saturated carbocycles. The van der Waals surface area contributed by atoms with Gasteiger partial charge in [-0.2, -0.15) is 0 Å². The Balaban J connectivity index is 2.19. The van der Waals surface area contributed by atoms with Gasteiger partial charge in [0, 0.05) is 0 Å². The Kier molecular flexibility index (Phi) is 3.88. The van der Waals surface area contributed by atoms with Crippen molar-refractivity contribution in [1.29, 1.82) is 0 Å². The second-order valence-corrected chi connectivity index (χ2v) is 7.78. The molecule has 19 heavy (non-hydrogen) atoms. The van der Waals surface area contributed by atoms with Crippen LogP contribution >= 0.6 is 7.80 Å². The van der Waals surface area contributed by atoms with Gasteiger partial charge in [-0.15, -0.1) is 0 Å². The molecule has 0 bridgehead atoms. The fourth-order valence-corrected chi connectivity index (χ4v) is 2.81. The molecule has 1 fully saturated rings. The van der Waals surface area contributed by atoms with Crippen LogP contribution in [0.15, 0.2) is 24.3 Å². The molecule has 1 saturated heterocycles. The van der Waals surface area contributed by atoms with Crippen molar-refractivity contribution in [2.24, 2.45) is 0 Å². The molecule has 1 atom stereocenters. The molecular formula is C14H21BO3P+. The van der Waals surface area contributed by atoms with Gasteiger partial charge >= 0.3 is 14.9 Å². The van der Waals surface area contributed by atoms with Gasteiger partial charge in [0.25, 0.3) is 0 Å². The smallest absolute Gasteiger partial charge is 0.399 e. The Bertz CT molecular complexity index is 466. The first-order valence-electron chi connectivity index (χ1n) is 6.67. The second-order valence-electron chi connectivity index (χ2n) is 5.87. The van der Waals surface area contributed by atoms with Crippen molar-refractivity contribution in [2.45, 2.75) is 45.8 Å². The van der Waals surface area contributed by atoms with Gasteiger partial charge in [0.2, 0.25) is 0 Å². The molecule has 0 N–H and O–H groups in total. The van der Waals surface area contributed by atoms with Crippen molar-refractivity contribution in [2.75, 3.05) is 6.16 Å². The largest absolute Gasteiger partial charge is 0.494 e. The molecule has 1 aromatic carbocycles. The van der Waals surface area contributed by atoms with Crippen molar-refractivity contribution in [3.63, 3.8) is 0 Å². The maximum absolute atomic E-state index is 11.7. The lowest BCUT2D eigenvalue weighted by Crippen LogP contribution is -2.41. The highest BCUT2D eigenvalue weighted by Crippen LogP contribution is 2.36. The van der Waals surface area contributed by atoms with Crippen LogP contribution in [0.5, 0.6) is 0 Å². The Morgan fingerprint density at radius 2 is 1.53 bits per heavy atom. The maximum atomic E-state index is 11.7. The highest BCUT2D eigenvalue weighted by Gasteiger charge is 2.51. The van der Waals surface area contributed by atoms with Crippen LogP contribution in [0.2, 0.25) is 0 Å². The zero-order valence-electron chi connectivity index (χ0n) is 12.3. The molecular weight excluding hydrogens is 258 g/mol. The number of hydrogen-bond acceptors (Lipinski definition) is 3. The summed E-state index contributed by atoms with van der Waals surface area (Å²) in [6.07, 6.45) is 0.672. The third-order valence-corrected chi connectivity index (χ3v) is 5.44. The standard InChI is InChI=1S/C14H21BO3P/c1-6-19(16)12-9-7-11(8-10-12)15-17-13(2,3)14(4,5)18-15/h7-10H,6H2,1-5H3/q+1. The van der Waals surface area contributed by atoms with Gasteiger partial charge in [-0.1, -0.05) is 16.7 Å². The Morgan fingerprint density at radius 3 is 1.95 bits per heavy atom. The second kappa shape index (κ2) is 5.01. The summed E-state index contributed by atoms with van der Waals surface area (Å²) in [4.78, 5) is 0. The molecule has 0 amide bonds. The summed E-state index contributed by atoms with van der Waals surface area (Å²) in [6.45, 7) is 10.1. The minimum Gasteiger partial charge on any atom is -0.399 e. The van der Waals surface area contributed by atoms with Crippen LogP contribution in [0.4, 0.5) is 0 Å². The summed E-state index contributed by atoms with van der Waals surface area (Å²) in [5.74, 6) is 0. The molecule has 102 valence electrons. The lowest BCUT2D eigenvalue weighted by Gasteiger charge is -2.32. The van der Waals surface area contributed by atoms with E-state index in [1.165, 1.54) is 0 Å². The molecule has 1 aromatic rings. The molecule has 0 spiro atoms. The normalized spacial score (nSPS) is 21.5. The molecule has 1 aliphatic rings. The third-order valence-electron chi connectivity index (χ3n) is 3.99. The highest BCUT2D eigenvalue weighted by molar-refractivity contribution is 7.53. The monoisotopic (exact) mass is 279 g/mol. The van der Waals surface area contributed by atoms with Crippen LogP contribution in [-0.4, -0.2) is 24.5 Å². The van der Waals surface area contributed by atoms with Crippen molar-refractivity contribution in [3.8, 4) is 0 Å². The number of rotatable bonds is 3. The first-order valence-corrected chi connectivity index (χ1v) is 8.11. The van der Waals surface area contributed by atoms with Gasteiger partial charge in [-0.25, -0.2) is 0 Å². The molecule has 2 rings (SSSR count). The van der Waals surface area contributed by atoms with E-state index in [0.717, 1.165) is 10.8 Å². The van der Waals surface area contributed by atoms with Crippen LogP contribution in [-0.2, 0) is 13.9 Å². The topological polar surface area (TPSA) is 35.5 Å². The van der Waals surface area contributed by atoms with E-state index < -0.39 is 7.80 Å². The highest BCUT2D eigenvalue weighted by atomic mass is 31.1. The molecule has 0 aromatic heterocycles. The van der Waals surface area contributed by atoms with Crippen molar-refractivity contribution >= 4 is 25.7 Å². The zero-order chi connectivity index (χ0) is 14.3. The fourth-order valence-electron chi connectivity index (χ4n) is 1.96. The van der Waals surface area contributed by atoms with Gasteiger partial charge in [0.1, 0.15) is 6.16 Å². The lowest BCUT2D eigenvalue weighted by atomic mass is 9.79. The molecule has 1 aliphatic heterocycles. The van der Waals surface area contributed by atoms with Crippen LogP contribution in [0.3, 0.4) is 0 Å². The van der Waals surface area contributed by atoms with Gasteiger partial charge in [-0.05, 0) is 52.2 Å². The third kappa shape index (κ3) is 2.76. The summed E-state index contributed by atoms with van der Waals surface area (Å²) < 4.78 is 23.7. The van der Waals surface area contributed by atoms with Crippen molar-refractivity contribution in [1.82, 2.24) is 0 Å². The van der Waals surface area contributed by atoms with E-state index in [2.05, 4.69) is 0 Å². The maximum Gasteiger partial charge on any atom is 0.494 e. The predicted octanol–water partition coefficient (Wildman–Crippen LogP) is 2.46. The van der Waals surface area contributed by atoms with E-state index >= 15 is 0 Å².